The van der Waals surface area contributed by atoms with Gasteiger partial charge >= 0.3 is 12.0 Å². The van der Waals surface area contributed by atoms with Crippen LogP contribution < -0.4 is 10.6 Å². The van der Waals surface area contributed by atoms with Crippen LogP contribution in [0.15, 0.2) is 73.3 Å². The van der Waals surface area contributed by atoms with Crippen LogP contribution in [0.5, 0.6) is 0 Å². The monoisotopic (exact) mass is 405 g/mol. The summed E-state index contributed by atoms with van der Waals surface area (Å²) in [5, 5.41) is 8.65. The number of benzene rings is 2. The number of rotatable bonds is 7. The molecule has 0 unspecified atom stereocenters. The number of urea groups is 1. The highest BCUT2D eigenvalue weighted by Crippen LogP contribution is 2.21. The number of ether oxygens (including phenoxy) is 1. The van der Waals surface area contributed by atoms with Crippen molar-refractivity contribution in [1.82, 2.24) is 25.4 Å². The van der Waals surface area contributed by atoms with Crippen LogP contribution in [0.1, 0.15) is 10.6 Å². The van der Waals surface area contributed by atoms with Crippen LogP contribution in [0.4, 0.5) is 4.79 Å². The first-order chi connectivity index (χ1) is 14.6. The van der Waals surface area contributed by atoms with E-state index in [4.69, 9.17) is 4.74 Å². The number of carbonyl (C=O) groups is 3. The molecule has 0 aliphatic heterocycles. The van der Waals surface area contributed by atoms with Gasteiger partial charge in [0.2, 0.25) is 0 Å². The Kier molecular flexibility index (Phi) is 6.67. The fraction of sp³-hybridized carbons (Fsp3) is 0.0952. The SMILES string of the molecule is C=CCNC(=O)NC(=O)COC(=O)c1nc(-c2ccccc2)n(-c2ccccc2)n1. The molecule has 0 radical (unpaired) electrons. The number of esters is 1. The van der Waals surface area contributed by atoms with Crippen molar-refractivity contribution < 1.29 is 19.1 Å². The van der Waals surface area contributed by atoms with Crippen LogP contribution in [0.25, 0.3) is 17.1 Å². The average Bonchev–Trinajstić information content (AvgIpc) is 3.23. The Labute approximate surface area is 172 Å². The van der Waals surface area contributed by atoms with Crippen LogP contribution in [0.3, 0.4) is 0 Å². The predicted octanol–water partition coefficient (Wildman–Crippen LogP) is 2.10. The van der Waals surface area contributed by atoms with Gasteiger partial charge in [-0.15, -0.1) is 11.7 Å². The molecule has 0 aliphatic rings. The van der Waals surface area contributed by atoms with Crippen molar-refractivity contribution >= 4 is 17.9 Å². The van der Waals surface area contributed by atoms with E-state index in [0.29, 0.717) is 11.5 Å². The van der Waals surface area contributed by atoms with E-state index in [1.54, 1.807) is 0 Å². The number of amides is 3. The largest absolute Gasteiger partial charge is 0.450 e. The van der Waals surface area contributed by atoms with Crippen LogP contribution in [-0.4, -0.2) is 45.8 Å². The van der Waals surface area contributed by atoms with E-state index in [9.17, 15) is 14.4 Å². The fourth-order valence-electron chi connectivity index (χ4n) is 2.49. The molecule has 0 atom stereocenters. The van der Waals surface area contributed by atoms with E-state index < -0.39 is 24.5 Å². The summed E-state index contributed by atoms with van der Waals surface area (Å²) in [6.45, 7) is 2.99. The van der Waals surface area contributed by atoms with Gasteiger partial charge in [0, 0.05) is 12.1 Å². The van der Waals surface area contributed by atoms with Gasteiger partial charge in [0.05, 0.1) is 5.69 Å². The Morgan fingerprint density at radius 3 is 2.37 bits per heavy atom. The topological polar surface area (TPSA) is 115 Å². The summed E-state index contributed by atoms with van der Waals surface area (Å²) in [5.74, 6) is -1.43. The van der Waals surface area contributed by atoms with Gasteiger partial charge in [0.15, 0.2) is 12.4 Å². The highest BCUT2D eigenvalue weighted by Gasteiger charge is 2.21. The van der Waals surface area contributed by atoms with E-state index in [-0.39, 0.29) is 12.4 Å². The maximum Gasteiger partial charge on any atom is 0.378 e. The highest BCUT2D eigenvalue weighted by atomic mass is 16.5. The molecule has 0 fully saturated rings. The molecular weight excluding hydrogens is 386 g/mol. The van der Waals surface area contributed by atoms with Gasteiger partial charge in [-0.2, -0.15) is 0 Å². The highest BCUT2D eigenvalue weighted by molar-refractivity contribution is 5.96. The van der Waals surface area contributed by atoms with Gasteiger partial charge in [0.1, 0.15) is 0 Å². The van der Waals surface area contributed by atoms with Crippen molar-refractivity contribution in [2.75, 3.05) is 13.2 Å². The molecular formula is C21H19N5O4. The van der Waals surface area contributed by atoms with E-state index in [1.807, 2.05) is 66.0 Å². The van der Waals surface area contributed by atoms with Crippen molar-refractivity contribution in [3.05, 3.63) is 79.1 Å². The van der Waals surface area contributed by atoms with Gasteiger partial charge in [-0.3, -0.25) is 10.1 Å². The Morgan fingerprint density at radius 1 is 1.03 bits per heavy atom. The molecule has 0 saturated carbocycles. The molecule has 9 nitrogen and oxygen atoms in total. The first-order valence-corrected chi connectivity index (χ1v) is 9.02. The summed E-state index contributed by atoms with van der Waals surface area (Å²) < 4.78 is 6.47. The molecule has 1 heterocycles. The Morgan fingerprint density at radius 2 is 1.70 bits per heavy atom. The summed E-state index contributed by atoms with van der Waals surface area (Å²) >= 11 is 0. The second kappa shape index (κ2) is 9.78. The predicted molar refractivity (Wildman–Crippen MR) is 109 cm³/mol. The third-order valence-electron chi connectivity index (χ3n) is 3.82. The molecule has 0 saturated heterocycles. The number of para-hydroxylation sites is 1. The second-order valence-electron chi connectivity index (χ2n) is 6.00. The van der Waals surface area contributed by atoms with Crippen LogP contribution in [0.2, 0.25) is 0 Å². The first-order valence-electron chi connectivity index (χ1n) is 9.02. The smallest absolute Gasteiger partial charge is 0.378 e. The van der Waals surface area contributed by atoms with Crippen molar-refractivity contribution in [1.29, 1.82) is 0 Å². The van der Waals surface area contributed by atoms with Gasteiger partial charge < -0.3 is 10.1 Å². The molecule has 9 heteroatoms. The first kappa shape index (κ1) is 20.5. The van der Waals surface area contributed by atoms with Crippen molar-refractivity contribution in [2.24, 2.45) is 0 Å². The maximum absolute atomic E-state index is 12.4. The summed E-state index contributed by atoms with van der Waals surface area (Å²) in [5.41, 5.74) is 1.46. The lowest BCUT2D eigenvalue weighted by Crippen LogP contribution is -2.41. The van der Waals surface area contributed by atoms with Crippen LogP contribution >= 0.6 is 0 Å². The number of nitrogens with zero attached hydrogens (tertiary/aromatic N) is 3. The number of hydrogen-bond donors (Lipinski definition) is 2. The molecule has 152 valence electrons. The minimum absolute atomic E-state index is 0.196. The number of aromatic nitrogens is 3. The zero-order chi connectivity index (χ0) is 21.3. The zero-order valence-corrected chi connectivity index (χ0v) is 15.9. The van der Waals surface area contributed by atoms with E-state index in [0.717, 1.165) is 5.56 Å². The van der Waals surface area contributed by atoms with E-state index in [2.05, 4.69) is 22.0 Å². The maximum atomic E-state index is 12.4. The van der Waals surface area contributed by atoms with E-state index in [1.165, 1.54) is 10.8 Å². The van der Waals surface area contributed by atoms with Crippen molar-refractivity contribution in [2.45, 2.75) is 0 Å². The summed E-state index contributed by atoms with van der Waals surface area (Å²) in [6, 6.07) is 17.7. The van der Waals surface area contributed by atoms with Crippen molar-refractivity contribution in [3.8, 4) is 17.1 Å². The van der Waals surface area contributed by atoms with Gasteiger partial charge in [0.25, 0.3) is 11.7 Å². The van der Waals surface area contributed by atoms with E-state index >= 15 is 0 Å². The molecule has 2 aromatic carbocycles. The molecule has 0 spiro atoms. The average molecular weight is 405 g/mol. The number of imide groups is 1. The summed E-state index contributed by atoms with van der Waals surface area (Å²) in [7, 11) is 0. The van der Waals surface area contributed by atoms with Crippen LogP contribution in [-0.2, 0) is 9.53 Å². The molecule has 0 aliphatic carbocycles. The Bertz CT molecular complexity index is 991. The molecule has 1 aromatic heterocycles. The van der Waals surface area contributed by atoms with Crippen molar-refractivity contribution in [3.63, 3.8) is 0 Å². The molecule has 3 aromatic rings. The lowest BCUT2D eigenvalue weighted by molar-refractivity contribution is -0.123. The Hall–Kier alpha value is -4.27. The number of nitrogens with one attached hydrogen (secondary N) is 2. The second-order valence-corrected chi connectivity index (χ2v) is 6.00. The molecule has 0 bridgehead atoms. The minimum Gasteiger partial charge on any atom is -0.450 e. The third-order valence-corrected chi connectivity index (χ3v) is 3.82. The molecule has 3 amide bonds. The Balaban J connectivity index is 1.75. The third kappa shape index (κ3) is 5.16. The molecule has 2 N–H and O–H groups in total. The van der Waals surface area contributed by atoms with Crippen LogP contribution in [0, 0.1) is 0 Å². The number of carbonyl (C=O) groups excluding carboxylic acids is 3. The quantitative estimate of drug-likeness (QED) is 0.459. The fourth-order valence-corrected chi connectivity index (χ4v) is 2.49. The zero-order valence-electron chi connectivity index (χ0n) is 15.9. The normalized spacial score (nSPS) is 10.1. The standard InChI is InChI=1S/C21H19N5O4/c1-2-13-22-21(29)23-17(27)14-30-20(28)18-24-19(15-9-5-3-6-10-15)26(25-18)16-11-7-4-8-12-16/h2-12H,1,13-14H2,(H2,22,23,27,29). The lowest BCUT2D eigenvalue weighted by atomic mass is 10.2. The minimum atomic E-state index is -0.886. The van der Waals surface area contributed by atoms with Gasteiger partial charge in [-0.1, -0.05) is 54.6 Å². The molecule has 3 rings (SSSR count). The summed E-state index contributed by atoms with van der Waals surface area (Å²) in [4.78, 5) is 39.8. The van der Waals surface area contributed by atoms with Gasteiger partial charge in [-0.05, 0) is 12.1 Å². The lowest BCUT2D eigenvalue weighted by Gasteiger charge is -2.05. The molecule has 30 heavy (non-hydrogen) atoms. The summed E-state index contributed by atoms with van der Waals surface area (Å²) in [6.07, 6.45) is 1.46. The number of hydrogen-bond acceptors (Lipinski definition) is 6. The van der Waals surface area contributed by atoms with Gasteiger partial charge in [-0.25, -0.2) is 19.3 Å².